The molecule has 1 rings (SSSR count). The van der Waals surface area contributed by atoms with Crippen LogP contribution in [-0.2, 0) is 4.79 Å². The molecule has 1 fully saturated rings. The number of urea groups is 1. The van der Waals surface area contributed by atoms with Gasteiger partial charge in [0, 0.05) is 39.1 Å². The zero-order valence-electron chi connectivity index (χ0n) is 8.66. The van der Waals surface area contributed by atoms with Gasteiger partial charge in [0.15, 0.2) is 0 Å². The highest BCUT2D eigenvalue weighted by Crippen LogP contribution is 1.93. The molecule has 1 aliphatic heterocycles. The monoisotopic (exact) mass is 215 g/mol. The molecule has 1 saturated heterocycles. The lowest BCUT2D eigenvalue weighted by atomic mass is 10.3. The minimum atomic E-state index is -0.827. The van der Waals surface area contributed by atoms with Crippen LogP contribution in [0.3, 0.4) is 0 Å². The molecule has 0 aromatic carbocycles. The smallest absolute Gasteiger partial charge is 0.317 e. The zero-order chi connectivity index (χ0) is 11.1. The summed E-state index contributed by atoms with van der Waals surface area (Å²) in [6.45, 7) is 3.50. The van der Waals surface area contributed by atoms with Crippen LogP contribution in [0.4, 0.5) is 4.79 Å². The largest absolute Gasteiger partial charge is 0.481 e. The van der Waals surface area contributed by atoms with E-state index in [4.69, 9.17) is 5.11 Å². The third-order valence-electron chi connectivity index (χ3n) is 2.25. The summed E-state index contributed by atoms with van der Waals surface area (Å²) in [4.78, 5) is 23.4. The Kier molecular flexibility index (Phi) is 4.89. The molecule has 6 heteroatoms. The van der Waals surface area contributed by atoms with E-state index >= 15 is 0 Å². The summed E-state index contributed by atoms with van der Waals surface area (Å²) in [5, 5.41) is 14.3. The van der Waals surface area contributed by atoms with Crippen LogP contribution >= 0.6 is 0 Å². The number of rotatable bonds is 4. The zero-order valence-corrected chi connectivity index (χ0v) is 8.66. The average Bonchev–Trinajstić information content (AvgIpc) is 2.25. The molecule has 0 saturated carbocycles. The lowest BCUT2D eigenvalue weighted by Gasteiger charge is -2.27. The number of carboxylic acid groups (broad SMARTS) is 1. The Morgan fingerprint density at radius 2 is 2.00 bits per heavy atom. The van der Waals surface area contributed by atoms with E-state index in [1.54, 1.807) is 4.90 Å². The van der Waals surface area contributed by atoms with Crippen molar-refractivity contribution in [2.75, 3.05) is 32.7 Å². The molecule has 0 aromatic rings. The molecule has 1 heterocycles. The molecule has 0 radical (unpaired) electrons. The quantitative estimate of drug-likeness (QED) is 0.550. The van der Waals surface area contributed by atoms with Crippen molar-refractivity contribution in [3.8, 4) is 0 Å². The van der Waals surface area contributed by atoms with Crippen molar-refractivity contribution in [1.82, 2.24) is 15.5 Å². The van der Waals surface area contributed by atoms with Gasteiger partial charge in [-0.15, -0.1) is 0 Å². The lowest BCUT2D eigenvalue weighted by molar-refractivity contribution is -0.137. The third-order valence-corrected chi connectivity index (χ3v) is 2.25. The molecular formula is C9H17N3O3. The maximum Gasteiger partial charge on any atom is 0.317 e. The molecule has 2 amide bonds. The molecule has 0 atom stereocenters. The van der Waals surface area contributed by atoms with Crippen LogP contribution in [0.2, 0.25) is 0 Å². The second-order valence-corrected chi connectivity index (χ2v) is 3.47. The van der Waals surface area contributed by atoms with Gasteiger partial charge in [-0.05, 0) is 6.42 Å². The van der Waals surface area contributed by atoms with Gasteiger partial charge < -0.3 is 20.6 Å². The number of aliphatic carboxylic acids is 1. The van der Waals surface area contributed by atoms with Gasteiger partial charge in [0.05, 0.1) is 0 Å². The molecule has 86 valence electrons. The van der Waals surface area contributed by atoms with Crippen LogP contribution in [0.1, 0.15) is 12.8 Å². The number of hydrogen-bond acceptors (Lipinski definition) is 3. The predicted molar refractivity (Wildman–Crippen MR) is 54.7 cm³/mol. The molecule has 1 aliphatic rings. The Morgan fingerprint density at radius 1 is 1.33 bits per heavy atom. The van der Waals surface area contributed by atoms with Crippen molar-refractivity contribution < 1.29 is 14.7 Å². The van der Waals surface area contributed by atoms with E-state index in [1.165, 1.54) is 0 Å². The highest BCUT2D eigenvalue weighted by molar-refractivity contribution is 5.74. The first-order chi connectivity index (χ1) is 7.20. The van der Waals surface area contributed by atoms with E-state index in [2.05, 4.69) is 10.6 Å². The summed E-state index contributed by atoms with van der Waals surface area (Å²) in [5.74, 6) is -0.827. The summed E-state index contributed by atoms with van der Waals surface area (Å²) in [6, 6.07) is -0.0955. The summed E-state index contributed by atoms with van der Waals surface area (Å²) in [7, 11) is 0. The highest BCUT2D eigenvalue weighted by atomic mass is 16.4. The number of hydrogen-bond donors (Lipinski definition) is 3. The van der Waals surface area contributed by atoms with E-state index in [0.717, 1.165) is 13.1 Å². The van der Waals surface area contributed by atoms with Gasteiger partial charge in [-0.2, -0.15) is 0 Å². The molecule has 0 spiro atoms. The molecule has 0 aliphatic carbocycles. The fourth-order valence-corrected chi connectivity index (χ4v) is 1.41. The van der Waals surface area contributed by atoms with E-state index < -0.39 is 5.97 Å². The highest BCUT2D eigenvalue weighted by Gasteiger charge is 2.14. The van der Waals surface area contributed by atoms with Gasteiger partial charge in [-0.3, -0.25) is 4.79 Å². The maximum atomic E-state index is 11.5. The van der Waals surface area contributed by atoms with Gasteiger partial charge in [0.2, 0.25) is 0 Å². The number of nitrogens with one attached hydrogen (secondary N) is 2. The van der Waals surface area contributed by atoms with Crippen LogP contribution < -0.4 is 10.6 Å². The van der Waals surface area contributed by atoms with Gasteiger partial charge in [0.25, 0.3) is 0 Å². The van der Waals surface area contributed by atoms with Crippen LogP contribution in [0.15, 0.2) is 0 Å². The Bertz CT molecular complexity index is 227. The molecule has 0 bridgehead atoms. The van der Waals surface area contributed by atoms with Crippen molar-refractivity contribution in [3.05, 3.63) is 0 Å². The lowest BCUT2D eigenvalue weighted by Crippen LogP contribution is -2.50. The number of piperazine rings is 1. The maximum absolute atomic E-state index is 11.5. The first-order valence-corrected chi connectivity index (χ1v) is 5.15. The Morgan fingerprint density at radius 3 is 2.60 bits per heavy atom. The number of carbonyl (C=O) groups is 2. The van der Waals surface area contributed by atoms with E-state index in [-0.39, 0.29) is 12.5 Å². The minimum Gasteiger partial charge on any atom is -0.481 e. The van der Waals surface area contributed by atoms with E-state index in [0.29, 0.717) is 26.1 Å². The first kappa shape index (κ1) is 11.8. The molecular weight excluding hydrogens is 198 g/mol. The van der Waals surface area contributed by atoms with Crippen LogP contribution in [0, 0.1) is 0 Å². The molecule has 0 unspecified atom stereocenters. The molecule has 0 aromatic heterocycles. The van der Waals surface area contributed by atoms with E-state index in [1.807, 2.05) is 0 Å². The molecule has 6 nitrogen and oxygen atoms in total. The van der Waals surface area contributed by atoms with Crippen molar-refractivity contribution in [2.45, 2.75) is 12.8 Å². The predicted octanol–water partition coefficient (Wildman–Crippen LogP) is -0.534. The summed E-state index contributed by atoms with van der Waals surface area (Å²) in [6.07, 6.45) is 0.578. The summed E-state index contributed by atoms with van der Waals surface area (Å²) >= 11 is 0. The van der Waals surface area contributed by atoms with Crippen molar-refractivity contribution >= 4 is 12.0 Å². The van der Waals surface area contributed by atoms with Gasteiger partial charge in [0.1, 0.15) is 0 Å². The number of carbonyl (C=O) groups excluding carboxylic acids is 1. The minimum absolute atomic E-state index is 0.0955. The van der Waals surface area contributed by atoms with Crippen LogP contribution in [-0.4, -0.2) is 54.7 Å². The normalized spacial score (nSPS) is 16.1. The molecule has 15 heavy (non-hydrogen) atoms. The van der Waals surface area contributed by atoms with Gasteiger partial charge in [-0.25, -0.2) is 4.79 Å². The first-order valence-electron chi connectivity index (χ1n) is 5.15. The van der Waals surface area contributed by atoms with Crippen molar-refractivity contribution in [3.63, 3.8) is 0 Å². The van der Waals surface area contributed by atoms with Crippen molar-refractivity contribution in [2.24, 2.45) is 0 Å². The number of amides is 2. The van der Waals surface area contributed by atoms with Crippen LogP contribution in [0.25, 0.3) is 0 Å². The number of carboxylic acids is 1. The molecule has 3 N–H and O–H groups in total. The third kappa shape index (κ3) is 4.64. The Labute approximate surface area is 88.6 Å². The summed E-state index contributed by atoms with van der Waals surface area (Å²) in [5.41, 5.74) is 0. The topological polar surface area (TPSA) is 81.7 Å². The fraction of sp³-hybridized carbons (Fsp3) is 0.778. The standard InChI is InChI=1S/C9H17N3O3/c13-8(14)2-1-3-11-9(15)12-6-4-10-5-7-12/h10H,1-7H2,(H,11,15)(H,13,14). The SMILES string of the molecule is O=C(O)CCCNC(=O)N1CCNCC1. The van der Waals surface area contributed by atoms with Crippen LogP contribution in [0.5, 0.6) is 0 Å². The van der Waals surface area contributed by atoms with Gasteiger partial charge in [-0.1, -0.05) is 0 Å². The second-order valence-electron chi connectivity index (χ2n) is 3.47. The van der Waals surface area contributed by atoms with Crippen molar-refractivity contribution in [1.29, 1.82) is 0 Å². The fourth-order valence-electron chi connectivity index (χ4n) is 1.41. The summed E-state index contributed by atoms with van der Waals surface area (Å²) < 4.78 is 0. The van der Waals surface area contributed by atoms with E-state index in [9.17, 15) is 9.59 Å². The Hall–Kier alpha value is -1.30. The number of nitrogens with zero attached hydrogens (tertiary/aromatic N) is 1. The second kappa shape index (κ2) is 6.23. The van der Waals surface area contributed by atoms with Gasteiger partial charge >= 0.3 is 12.0 Å². The Balaban J connectivity index is 2.09. The average molecular weight is 215 g/mol.